The van der Waals surface area contributed by atoms with Crippen molar-refractivity contribution in [1.29, 1.82) is 5.41 Å². The molecule has 4 heteroatoms. The van der Waals surface area contributed by atoms with Crippen LogP contribution in [-0.4, -0.2) is 5.96 Å². The zero-order valence-corrected chi connectivity index (χ0v) is 5.15. The van der Waals surface area contributed by atoms with Crippen LogP contribution in [0.3, 0.4) is 0 Å². The van der Waals surface area contributed by atoms with Gasteiger partial charge in [-0.05, 0) is 0 Å². The van der Waals surface area contributed by atoms with Crippen LogP contribution in [0.25, 0.3) is 0 Å². The van der Waals surface area contributed by atoms with Gasteiger partial charge in [0.25, 0.3) is 0 Å². The third-order valence-electron chi connectivity index (χ3n) is 0. The maximum absolute atomic E-state index is 6.06. The van der Waals surface area contributed by atoms with Crippen LogP contribution >= 0.6 is 0 Å². The van der Waals surface area contributed by atoms with Gasteiger partial charge in [-0.2, -0.15) is 0 Å². The van der Waals surface area contributed by atoms with Gasteiger partial charge in [-0.25, -0.2) is 0 Å². The number of nitrogens with one attached hydrogen (secondary N) is 1. The maximum Gasteiger partial charge on any atom is 1.00 e. The Labute approximate surface area is 52.5 Å². The number of hydrogen-bond donors (Lipinski definition) is 3. The zero-order valence-electron chi connectivity index (χ0n) is 3.15. The second-order valence-electron chi connectivity index (χ2n) is 0.455. The van der Waals surface area contributed by atoms with Crippen LogP contribution in [0.1, 0.15) is 0 Å². The molecule has 0 aromatic carbocycles. The van der Waals surface area contributed by atoms with E-state index in [4.69, 9.17) is 5.41 Å². The fourth-order valence-electron chi connectivity index (χ4n) is 0. The predicted molar refractivity (Wildman–Crippen MR) is 16.1 cm³/mol. The summed E-state index contributed by atoms with van der Waals surface area (Å²) in [6, 6.07) is 0. The monoisotopic (exact) mass is 82.0 g/mol. The minimum absolute atomic E-state index is 0. The van der Waals surface area contributed by atoms with Gasteiger partial charge in [0.15, 0.2) is 5.96 Å². The summed E-state index contributed by atoms with van der Waals surface area (Å²) in [6.45, 7) is 0. The molecule has 0 aromatic heterocycles. The maximum atomic E-state index is 6.06. The Morgan fingerprint density at radius 3 is 1.40 bits per heavy atom. The first-order valence-electron chi connectivity index (χ1n) is 0.827. The summed E-state index contributed by atoms with van der Waals surface area (Å²) < 4.78 is 0. The average Bonchev–Trinajstić information content (AvgIpc) is 0.811. The van der Waals surface area contributed by atoms with E-state index in [9.17, 15) is 0 Å². The normalized spacial score (nSPS) is 4.80. The Morgan fingerprint density at radius 1 is 1.40 bits per heavy atom. The van der Waals surface area contributed by atoms with E-state index in [2.05, 4.69) is 11.5 Å². The van der Waals surface area contributed by atoms with Crippen molar-refractivity contribution in [3.63, 3.8) is 0 Å². The second kappa shape index (κ2) is 4.27. The van der Waals surface area contributed by atoms with E-state index < -0.39 is 0 Å². The van der Waals surface area contributed by atoms with Crippen LogP contribution in [0.4, 0.5) is 0 Å². The standard InChI is InChI=1S/CH5N3.Na/c2-1(3)4;/h(H5,2,3,4);/q;+1. The van der Waals surface area contributed by atoms with Crippen molar-refractivity contribution in [2.24, 2.45) is 11.5 Å². The van der Waals surface area contributed by atoms with Crippen molar-refractivity contribution in [3.8, 4) is 0 Å². The first kappa shape index (κ1) is 8.99. The molecule has 5 heavy (non-hydrogen) atoms. The minimum Gasteiger partial charge on any atom is -0.370 e. The topological polar surface area (TPSA) is 75.9 Å². The number of rotatable bonds is 0. The average molecular weight is 82.1 g/mol. The molecule has 0 fully saturated rings. The van der Waals surface area contributed by atoms with Crippen LogP contribution in [0.2, 0.25) is 0 Å². The van der Waals surface area contributed by atoms with Crippen molar-refractivity contribution in [3.05, 3.63) is 0 Å². The molecular formula is CH5N3Na+. The van der Waals surface area contributed by atoms with Gasteiger partial charge in [-0.15, -0.1) is 0 Å². The van der Waals surface area contributed by atoms with E-state index in [1.807, 2.05) is 0 Å². The summed E-state index contributed by atoms with van der Waals surface area (Å²) in [5.74, 6) is -0.333. The van der Waals surface area contributed by atoms with Gasteiger partial charge in [0.05, 0.1) is 0 Å². The van der Waals surface area contributed by atoms with Crippen molar-refractivity contribution >= 4 is 5.96 Å². The Kier molecular flexibility index (Phi) is 7.67. The van der Waals surface area contributed by atoms with Crippen molar-refractivity contribution in [2.45, 2.75) is 0 Å². The number of guanidine groups is 1. The number of nitrogens with two attached hydrogens (primary N) is 2. The molecule has 0 rings (SSSR count). The summed E-state index contributed by atoms with van der Waals surface area (Å²) in [6.07, 6.45) is 0. The van der Waals surface area contributed by atoms with E-state index in [0.29, 0.717) is 0 Å². The third-order valence-corrected chi connectivity index (χ3v) is 0. The van der Waals surface area contributed by atoms with E-state index in [0.717, 1.165) is 0 Å². The van der Waals surface area contributed by atoms with Gasteiger partial charge >= 0.3 is 29.6 Å². The van der Waals surface area contributed by atoms with Crippen molar-refractivity contribution < 1.29 is 29.6 Å². The molecule has 0 amide bonds. The van der Waals surface area contributed by atoms with Gasteiger partial charge in [0.2, 0.25) is 0 Å². The molecule has 0 spiro atoms. The Morgan fingerprint density at radius 2 is 1.40 bits per heavy atom. The van der Waals surface area contributed by atoms with E-state index in [1.54, 1.807) is 0 Å². The minimum atomic E-state index is -0.333. The van der Waals surface area contributed by atoms with Crippen LogP contribution in [0, 0.1) is 5.41 Å². The molecule has 0 heterocycles. The fourth-order valence-corrected chi connectivity index (χ4v) is 0. The molecule has 0 aromatic rings. The fraction of sp³-hybridized carbons (Fsp3) is 0. The van der Waals surface area contributed by atoms with Crippen molar-refractivity contribution in [1.82, 2.24) is 0 Å². The van der Waals surface area contributed by atoms with Crippen molar-refractivity contribution in [2.75, 3.05) is 0 Å². The quantitative estimate of drug-likeness (QED) is 0.157. The van der Waals surface area contributed by atoms with E-state index >= 15 is 0 Å². The van der Waals surface area contributed by atoms with Gasteiger partial charge in [-0.1, -0.05) is 0 Å². The third kappa shape index (κ3) is 302. The largest absolute Gasteiger partial charge is 1.00 e. The van der Waals surface area contributed by atoms with E-state index in [1.165, 1.54) is 0 Å². The molecule has 0 bridgehead atoms. The predicted octanol–water partition coefficient (Wildman–Crippen LogP) is -4.16. The molecule has 24 valence electrons. The zero-order chi connectivity index (χ0) is 3.58. The van der Waals surface area contributed by atoms with Gasteiger partial charge in [-0.3, -0.25) is 5.41 Å². The van der Waals surface area contributed by atoms with Crippen LogP contribution < -0.4 is 41.0 Å². The Balaban J connectivity index is 0. The van der Waals surface area contributed by atoms with Crippen LogP contribution in [0.5, 0.6) is 0 Å². The summed E-state index contributed by atoms with van der Waals surface area (Å²) in [5, 5.41) is 6.06. The molecule has 5 N–H and O–H groups in total. The van der Waals surface area contributed by atoms with E-state index in [-0.39, 0.29) is 35.5 Å². The smallest absolute Gasteiger partial charge is 0.370 e. The summed E-state index contributed by atoms with van der Waals surface area (Å²) in [4.78, 5) is 0. The first-order valence-corrected chi connectivity index (χ1v) is 0.827. The van der Waals surface area contributed by atoms with Crippen LogP contribution in [-0.2, 0) is 0 Å². The molecule has 3 nitrogen and oxygen atoms in total. The molecule has 0 saturated carbocycles. The summed E-state index contributed by atoms with van der Waals surface area (Å²) in [7, 11) is 0. The Hall–Kier alpha value is 0.270. The van der Waals surface area contributed by atoms with Gasteiger partial charge in [0.1, 0.15) is 0 Å². The van der Waals surface area contributed by atoms with Gasteiger partial charge in [0, 0.05) is 0 Å². The summed E-state index contributed by atoms with van der Waals surface area (Å²) in [5.41, 5.74) is 8.94. The molecular weight excluding hydrogens is 77.0 g/mol. The summed E-state index contributed by atoms with van der Waals surface area (Å²) >= 11 is 0. The molecule has 0 atom stereocenters. The molecule has 0 radical (unpaired) electrons. The molecule has 0 aliphatic heterocycles. The molecule has 0 aliphatic carbocycles. The van der Waals surface area contributed by atoms with Crippen LogP contribution in [0.15, 0.2) is 0 Å². The number of hydrogen-bond acceptors (Lipinski definition) is 1. The molecule has 0 unspecified atom stereocenters. The first-order chi connectivity index (χ1) is 1.73. The molecule has 0 aliphatic rings. The SMILES string of the molecule is N=C(N)N.[Na+]. The Bertz CT molecular complexity index is 29.9. The second-order valence-corrected chi connectivity index (χ2v) is 0.455. The molecule has 0 saturated heterocycles. The van der Waals surface area contributed by atoms with Gasteiger partial charge < -0.3 is 11.5 Å².